The van der Waals surface area contributed by atoms with Crippen LogP contribution in [0, 0.1) is 6.92 Å². The lowest BCUT2D eigenvalue weighted by Gasteiger charge is -2.25. The van der Waals surface area contributed by atoms with Crippen molar-refractivity contribution in [2.75, 3.05) is 12.0 Å². The third kappa shape index (κ3) is 4.32. The van der Waals surface area contributed by atoms with Crippen molar-refractivity contribution in [3.05, 3.63) is 105 Å². The minimum Gasteiger partial charge on any atom is -0.495 e. The highest BCUT2D eigenvalue weighted by Gasteiger charge is 2.22. The monoisotopic (exact) mass is 432 g/mol. The Morgan fingerprint density at radius 3 is 2.52 bits per heavy atom. The molecule has 31 heavy (non-hydrogen) atoms. The second kappa shape index (κ2) is 8.66. The highest BCUT2D eigenvalue weighted by atomic mass is 35.5. The number of amides is 1. The first-order chi connectivity index (χ1) is 15.0. The first-order valence-electron chi connectivity index (χ1n) is 9.79. The maximum atomic E-state index is 13.5. The molecule has 0 saturated carbocycles. The quantitative estimate of drug-likeness (QED) is 0.462. The summed E-state index contributed by atoms with van der Waals surface area (Å²) in [7, 11) is 1.55. The van der Waals surface area contributed by atoms with Crippen LogP contribution in [0.5, 0.6) is 5.75 Å². The first-order valence-corrected chi connectivity index (χ1v) is 10.2. The van der Waals surface area contributed by atoms with E-state index in [1.54, 1.807) is 48.4 Å². The summed E-state index contributed by atoms with van der Waals surface area (Å²) in [5, 5.41) is 1.45. The van der Waals surface area contributed by atoms with Crippen molar-refractivity contribution in [1.29, 1.82) is 0 Å². The second-order valence-corrected chi connectivity index (χ2v) is 7.72. The number of benzene rings is 3. The van der Waals surface area contributed by atoms with Crippen molar-refractivity contribution in [2.24, 2.45) is 0 Å². The van der Waals surface area contributed by atoms with E-state index in [4.69, 9.17) is 16.3 Å². The first kappa shape index (κ1) is 20.7. The minimum absolute atomic E-state index is 0.0843. The number of ether oxygens (including phenoxy) is 1. The highest BCUT2D eigenvalue weighted by Crippen LogP contribution is 2.30. The lowest BCUT2D eigenvalue weighted by molar-refractivity contribution is 0.0984. The number of H-pyrrole nitrogens is 1. The molecule has 0 fully saturated rings. The molecule has 0 aliphatic heterocycles. The molecule has 1 aromatic heterocycles. The zero-order valence-corrected chi connectivity index (χ0v) is 17.9. The summed E-state index contributed by atoms with van der Waals surface area (Å²) >= 11 is 5.99. The summed E-state index contributed by atoms with van der Waals surface area (Å²) in [6.07, 6.45) is 0. The number of aryl methyl sites for hydroxylation is 1. The number of rotatable bonds is 5. The lowest BCUT2D eigenvalue weighted by atomic mass is 10.1. The molecular formula is C25H21ClN2O3. The number of fused-ring (bicyclic) bond motifs is 1. The SMILES string of the molecule is COc1ccccc1N(Cc1cc2ccc(C)cc2[nH]c1=O)C(=O)c1ccc(Cl)cc1. The van der Waals surface area contributed by atoms with Crippen molar-refractivity contribution < 1.29 is 9.53 Å². The third-order valence-electron chi connectivity index (χ3n) is 5.12. The van der Waals surface area contributed by atoms with E-state index in [9.17, 15) is 9.59 Å². The molecule has 4 aromatic rings. The topological polar surface area (TPSA) is 62.4 Å². The number of anilines is 1. The number of nitrogens with zero attached hydrogens (tertiary/aromatic N) is 1. The fraction of sp³-hybridized carbons (Fsp3) is 0.120. The van der Waals surface area contributed by atoms with E-state index in [2.05, 4.69) is 4.98 Å². The van der Waals surface area contributed by atoms with Crippen LogP contribution in [0.2, 0.25) is 5.02 Å². The van der Waals surface area contributed by atoms with Gasteiger partial charge in [-0.15, -0.1) is 0 Å². The van der Waals surface area contributed by atoms with Crippen molar-refractivity contribution in [3.8, 4) is 5.75 Å². The summed E-state index contributed by atoms with van der Waals surface area (Å²) in [4.78, 5) is 30.8. The van der Waals surface area contributed by atoms with Gasteiger partial charge in [0.15, 0.2) is 0 Å². The number of hydrogen-bond donors (Lipinski definition) is 1. The van der Waals surface area contributed by atoms with Gasteiger partial charge in [0.2, 0.25) is 0 Å². The average molecular weight is 433 g/mol. The molecule has 4 rings (SSSR count). The maximum absolute atomic E-state index is 13.5. The molecule has 0 spiro atoms. The number of nitrogens with one attached hydrogen (secondary N) is 1. The Morgan fingerprint density at radius 1 is 1.03 bits per heavy atom. The molecular weight excluding hydrogens is 412 g/mol. The van der Waals surface area contributed by atoms with E-state index in [0.29, 0.717) is 27.6 Å². The Hall–Kier alpha value is -3.57. The van der Waals surface area contributed by atoms with E-state index in [1.165, 1.54) is 0 Å². The number of aromatic nitrogens is 1. The lowest BCUT2D eigenvalue weighted by Crippen LogP contribution is -2.33. The number of hydrogen-bond acceptors (Lipinski definition) is 3. The second-order valence-electron chi connectivity index (χ2n) is 7.28. The molecule has 0 aliphatic carbocycles. The summed E-state index contributed by atoms with van der Waals surface area (Å²) in [6.45, 7) is 2.06. The van der Waals surface area contributed by atoms with E-state index in [0.717, 1.165) is 16.5 Å². The molecule has 156 valence electrons. The van der Waals surface area contributed by atoms with Gasteiger partial charge in [-0.2, -0.15) is 0 Å². The number of carbonyl (C=O) groups is 1. The van der Waals surface area contributed by atoms with Crippen molar-refractivity contribution in [3.63, 3.8) is 0 Å². The van der Waals surface area contributed by atoms with Crippen LogP contribution in [0.25, 0.3) is 10.9 Å². The number of pyridine rings is 1. The minimum atomic E-state index is -0.260. The predicted octanol–water partition coefficient (Wildman–Crippen LogP) is 5.35. The van der Waals surface area contributed by atoms with Crippen molar-refractivity contribution >= 4 is 34.1 Å². The summed E-state index contributed by atoms with van der Waals surface area (Å²) in [5.74, 6) is 0.280. The Labute approximate surface area is 184 Å². The number of methoxy groups -OCH3 is 1. The highest BCUT2D eigenvalue weighted by molar-refractivity contribution is 6.30. The van der Waals surface area contributed by atoms with E-state index in [-0.39, 0.29) is 18.0 Å². The summed E-state index contributed by atoms with van der Waals surface area (Å²) in [6, 6.07) is 21.6. The fourth-order valence-electron chi connectivity index (χ4n) is 3.52. The molecule has 0 aliphatic rings. The normalized spacial score (nSPS) is 10.8. The van der Waals surface area contributed by atoms with Crippen LogP contribution < -0.4 is 15.2 Å². The van der Waals surface area contributed by atoms with Gasteiger partial charge in [-0.3, -0.25) is 9.59 Å². The molecule has 1 heterocycles. The zero-order chi connectivity index (χ0) is 22.0. The molecule has 0 bridgehead atoms. The summed E-state index contributed by atoms with van der Waals surface area (Å²) < 4.78 is 5.48. The van der Waals surface area contributed by atoms with Gasteiger partial charge >= 0.3 is 0 Å². The molecule has 0 saturated heterocycles. The largest absolute Gasteiger partial charge is 0.495 e. The zero-order valence-electron chi connectivity index (χ0n) is 17.2. The van der Waals surface area contributed by atoms with Crippen LogP contribution in [0.4, 0.5) is 5.69 Å². The van der Waals surface area contributed by atoms with Gasteiger partial charge in [-0.05, 0) is 66.4 Å². The van der Waals surface area contributed by atoms with Crippen molar-refractivity contribution in [1.82, 2.24) is 4.98 Å². The third-order valence-corrected chi connectivity index (χ3v) is 5.37. The number of para-hydroxylation sites is 2. The van der Waals surface area contributed by atoms with Gasteiger partial charge in [0.1, 0.15) is 5.75 Å². The van der Waals surface area contributed by atoms with Gasteiger partial charge in [-0.25, -0.2) is 0 Å². The Morgan fingerprint density at radius 2 is 1.77 bits per heavy atom. The molecule has 3 aromatic carbocycles. The van der Waals surface area contributed by atoms with Crippen LogP contribution in [-0.2, 0) is 6.54 Å². The standard InChI is InChI=1S/C25H21ClN2O3/c1-16-7-8-18-14-19(24(29)27-21(18)13-16)15-28(22-5-3-4-6-23(22)31-2)25(30)17-9-11-20(26)12-10-17/h3-14H,15H2,1-2H3,(H,27,29). The number of carbonyl (C=O) groups excluding carboxylic acids is 1. The Kier molecular flexibility index (Phi) is 5.78. The van der Waals surface area contributed by atoms with Crippen LogP contribution in [-0.4, -0.2) is 18.0 Å². The van der Waals surface area contributed by atoms with Gasteiger partial charge < -0.3 is 14.6 Å². The van der Waals surface area contributed by atoms with Gasteiger partial charge in [0.05, 0.1) is 19.3 Å². The van der Waals surface area contributed by atoms with E-state index < -0.39 is 0 Å². The fourth-order valence-corrected chi connectivity index (χ4v) is 3.64. The summed E-state index contributed by atoms with van der Waals surface area (Å²) in [5.41, 5.74) is 3.11. The molecule has 1 amide bonds. The van der Waals surface area contributed by atoms with Crippen LogP contribution in [0.1, 0.15) is 21.5 Å². The molecule has 0 radical (unpaired) electrons. The number of aromatic amines is 1. The maximum Gasteiger partial charge on any atom is 0.258 e. The van der Waals surface area contributed by atoms with Crippen LogP contribution >= 0.6 is 11.6 Å². The smallest absolute Gasteiger partial charge is 0.258 e. The van der Waals surface area contributed by atoms with Gasteiger partial charge in [0.25, 0.3) is 11.5 Å². The van der Waals surface area contributed by atoms with E-state index >= 15 is 0 Å². The number of halogens is 1. The average Bonchev–Trinajstić information content (AvgIpc) is 2.78. The van der Waals surface area contributed by atoms with Gasteiger partial charge in [0, 0.05) is 21.7 Å². The van der Waals surface area contributed by atoms with Crippen LogP contribution in [0.3, 0.4) is 0 Å². The molecule has 5 nitrogen and oxygen atoms in total. The molecule has 0 atom stereocenters. The predicted molar refractivity (Wildman–Crippen MR) is 124 cm³/mol. The molecule has 6 heteroatoms. The molecule has 1 N–H and O–H groups in total. The van der Waals surface area contributed by atoms with E-state index in [1.807, 2.05) is 43.3 Å². The Bertz CT molecular complexity index is 1310. The van der Waals surface area contributed by atoms with Crippen molar-refractivity contribution in [2.45, 2.75) is 13.5 Å². The molecule has 0 unspecified atom stereocenters. The van der Waals surface area contributed by atoms with Crippen LogP contribution in [0.15, 0.2) is 77.6 Å². The van der Waals surface area contributed by atoms with Gasteiger partial charge in [-0.1, -0.05) is 35.9 Å². The Balaban J connectivity index is 1.81.